The summed E-state index contributed by atoms with van der Waals surface area (Å²) in [6, 6.07) is 10.9. The van der Waals surface area contributed by atoms with Crippen LogP contribution in [0.5, 0.6) is 0 Å². The quantitative estimate of drug-likeness (QED) is 0.767. The molecule has 2 aromatic carbocycles. The van der Waals surface area contributed by atoms with Crippen LogP contribution in [0.3, 0.4) is 0 Å². The highest BCUT2D eigenvalue weighted by atomic mass is 19.1. The van der Waals surface area contributed by atoms with Gasteiger partial charge in [-0.05, 0) is 54.6 Å². The molecule has 0 saturated heterocycles. The number of carbonyl (C=O) groups is 1. The summed E-state index contributed by atoms with van der Waals surface area (Å²) in [6.45, 7) is 3.43. The largest absolute Gasteiger partial charge is 0.278 e. The van der Waals surface area contributed by atoms with Crippen LogP contribution >= 0.6 is 0 Å². The maximum atomic E-state index is 12.9. The third-order valence-electron chi connectivity index (χ3n) is 2.56. The second-order valence-corrected chi connectivity index (χ2v) is 3.83. The van der Waals surface area contributed by atoms with E-state index < -0.39 is 11.6 Å². The van der Waals surface area contributed by atoms with Gasteiger partial charge in [0, 0.05) is 11.4 Å². The molecule has 0 radical (unpaired) electrons. The van der Waals surface area contributed by atoms with Crippen LogP contribution in [0.4, 0.5) is 20.2 Å². The maximum absolute atomic E-state index is 12.9. The lowest BCUT2D eigenvalue weighted by Gasteiger charge is -2.21. The molecular formula is C15H11F2NO. The van der Waals surface area contributed by atoms with E-state index >= 15 is 0 Å². The van der Waals surface area contributed by atoms with E-state index in [1.165, 1.54) is 53.4 Å². The average Bonchev–Trinajstić information content (AvgIpc) is 2.43. The first-order valence-corrected chi connectivity index (χ1v) is 5.59. The molecule has 0 bridgehead atoms. The van der Waals surface area contributed by atoms with E-state index in [4.69, 9.17) is 0 Å². The van der Waals surface area contributed by atoms with Crippen LogP contribution in [0.2, 0.25) is 0 Å². The van der Waals surface area contributed by atoms with E-state index in [0.29, 0.717) is 11.4 Å². The average molecular weight is 259 g/mol. The van der Waals surface area contributed by atoms with Crippen molar-refractivity contribution in [2.45, 2.75) is 0 Å². The van der Waals surface area contributed by atoms with Crippen LogP contribution < -0.4 is 4.90 Å². The molecule has 0 atom stereocenters. The molecule has 0 N–H and O–H groups in total. The van der Waals surface area contributed by atoms with Gasteiger partial charge in [-0.1, -0.05) is 6.58 Å². The first-order chi connectivity index (χ1) is 9.11. The molecule has 2 nitrogen and oxygen atoms in total. The fourth-order valence-electron chi connectivity index (χ4n) is 1.68. The number of anilines is 2. The fourth-order valence-corrected chi connectivity index (χ4v) is 1.68. The highest BCUT2D eigenvalue weighted by Gasteiger charge is 2.15. The minimum atomic E-state index is -0.395. The Balaban J connectivity index is 2.47. The molecule has 0 aliphatic rings. The molecule has 0 fully saturated rings. The number of nitrogens with zero attached hydrogens (tertiary/aromatic N) is 1. The number of hydrogen-bond donors (Lipinski definition) is 0. The number of benzene rings is 2. The Bertz CT molecular complexity index is 545. The number of rotatable bonds is 3. The molecule has 0 unspecified atom stereocenters. The summed E-state index contributed by atoms with van der Waals surface area (Å²) in [7, 11) is 0. The third kappa shape index (κ3) is 2.85. The molecule has 0 saturated carbocycles. The molecule has 0 aliphatic carbocycles. The molecule has 0 heterocycles. The number of hydrogen-bond acceptors (Lipinski definition) is 1. The van der Waals surface area contributed by atoms with E-state index in [1.807, 2.05) is 0 Å². The lowest BCUT2D eigenvalue weighted by Crippen LogP contribution is -2.23. The van der Waals surface area contributed by atoms with Gasteiger partial charge in [0.2, 0.25) is 0 Å². The van der Waals surface area contributed by atoms with E-state index in [0.717, 1.165) is 6.08 Å². The Morgan fingerprint density at radius 1 is 0.895 bits per heavy atom. The Morgan fingerprint density at radius 2 is 1.26 bits per heavy atom. The Morgan fingerprint density at radius 3 is 1.58 bits per heavy atom. The van der Waals surface area contributed by atoms with Gasteiger partial charge in [0.15, 0.2) is 0 Å². The zero-order valence-electron chi connectivity index (χ0n) is 10.0. The van der Waals surface area contributed by atoms with Gasteiger partial charge < -0.3 is 0 Å². The van der Waals surface area contributed by atoms with Gasteiger partial charge in [-0.3, -0.25) is 9.69 Å². The minimum absolute atomic E-state index is 0.377. The molecular weight excluding hydrogens is 248 g/mol. The summed E-state index contributed by atoms with van der Waals surface area (Å²) in [4.78, 5) is 13.2. The van der Waals surface area contributed by atoms with Crippen molar-refractivity contribution in [1.82, 2.24) is 0 Å². The molecule has 4 heteroatoms. The van der Waals surface area contributed by atoms with Crippen molar-refractivity contribution in [1.29, 1.82) is 0 Å². The van der Waals surface area contributed by atoms with Crippen LogP contribution in [0.1, 0.15) is 0 Å². The Hall–Kier alpha value is -2.49. The van der Waals surface area contributed by atoms with Gasteiger partial charge in [-0.2, -0.15) is 0 Å². The van der Waals surface area contributed by atoms with Crippen LogP contribution in [-0.4, -0.2) is 5.91 Å². The van der Waals surface area contributed by atoms with E-state index in [9.17, 15) is 13.6 Å². The monoisotopic (exact) mass is 259 g/mol. The number of halogens is 2. The van der Waals surface area contributed by atoms with Crippen molar-refractivity contribution in [2.75, 3.05) is 4.90 Å². The number of carbonyl (C=O) groups excluding carboxylic acids is 1. The molecule has 1 amide bonds. The van der Waals surface area contributed by atoms with Crippen LogP contribution in [-0.2, 0) is 4.79 Å². The predicted octanol–water partition coefficient (Wildman–Crippen LogP) is 3.82. The van der Waals surface area contributed by atoms with Gasteiger partial charge in [-0.25, -0.2) is 8.78 Å². The summed E-state index contributed by atoms with van der Waals surface area (Å²) in [6.07, 6.45) is 1.15. The maximum Gasteiger partial charge on any atom is 0.254 e. The second kappa shape index (κ2) is 5.44. The van der Waals surface area contributed by atoms with E-state index in [1.54, 1.807) is 0 Å². The summed E-state index contributed by atoms with van der Waals surface area (Å²) in [5, 5.41) is 0. The van der Waals surface area contributed by atoms with Gasteiger partial charge >= 0.3 is 0 Å². The van der Waals surface area contributed by atoms with Crippen LogP contribution in [0.25, 0.3) is 0 Å². The van der Waals surface area contributed by atoms with Crippen molar-refractivity contribution in [3.63, 3.8) is 0 Å². The normalized spacial score (nSPS) is 10.0. The van der Waals surface area contributed by atoms with Crippen molar-refractivity contribution in [2.24, 2.45) is 0 Å². The van der Waals surface area contributed by atoms with Crippen molar-refractivity contribution in [3.8, 4) is 0 Å². The molecule has 2 rings (SSSR count). The Labute approximate surface area is 109 Å². The number of amides is 1. The van der Waals surface area contributed by atoms with Gasteiger partial charge in [0.1, 0.15) is 11.6 Å². The molecule has 19 heavy (non-hydrogen) atoms. The summed E-state index contributed by atoms with van der Waals surface area (Å²) in [5.41, 5.74) is 0.968. The van der Waals surface area contributed by atoms with E-state index in [-0.39, 0.29) is 5.91 Å². The molecule has 0 aliphatic heterocycles. The summed E-state index contributed by atoms with van der Waals surface area (Å²) >= 11 is 0. The first kappa shape index (κ1) is 13.0. The topological polar surface area (TPSA) is 20.3 Å². The lowest BCUT2D eigenvalue weighted by molar-refractivity contribution is -0.113. The molecule has 2 aromatic rings. The van der Waals surface area contributed by atoms with Crippen molar-refractivity contribution >= 4 is 17.3 Å². The third-order valence-corrected chi connectivity index (χ3v) is 2.56. The first-order valence-electron chi connectivity index (χ1n) is 5.59. The zero-order chi connectivity index (χ0) is 13.8. The summed E-state index contributed by atoms with van der Waals surface area (Å²) in [5.74, 6) is -1.17. The fraction of sp³-hybridized carbons (Fsp3) is 0. The van der Waals surface area contributed by atoms with Gasteiger partial charge in [0.05, 0.1) is 0 Å². The van der Waals surface area contributed by atoms with Gasteiger partial charge in [-0.15, -0.1) is 0 Å². The lowest BCUT2D eigenvalue weighted by atomic mass is 10.2. The van der Waals surface area contributed by atoms with Crippen molar-refractivity contribution in [3.05, 3.63) is 72.8 Å². The smallest absolute Gasteiger partial charge is 0.254 e. The molecule has 0 spiro atoms. The highest BCUT2D eigenvalue weighted by molar-refractivity contribution is 6.06. The molecule has 96 valence electrons. The standard InChI is InChI=1S/C15H11F2NO/c1-2-15(19)18(13-7-3-11(16)4-8-13)14-9-5-12(17)6-10-14/h2-10H,1H2. The Kier molecular flexibility index (Phi) is 3.71. The predicted molar refractivity (Wildman–Crippen MR) is 70.1 cm³/mol. The summed E-state index contributed by atoms with van der Waals surface area (Å²) < 4.78 is 25.8. The van der Waals surface area contributed by atoms with Crippen LogP contribution in [0.15, 0.2) is 61.2 Å². The second-order valence-electron chi connectivity index (χ2n) is 3.83. The minimum Gasteiger partial charge on any atom is -0.278 e. The highest BCUT2D eigenvalue weighted by Crippen LogP contribution is 2.26. The zero-order valence-corrected chi connectivity index (χ0v) is 10.0. The van der Waals surface area contributed by atoms with E-state index in [2.05, 4.69) is 6.58 Å². The SMILES string of the molecule is C=CC(=O)N(c1ccc(F)cc1)c1ccc(F)cc1. The van der Waals surface area contributed by atoms with Crippen molar-refractivity contribution < 1.29 is 13.6 Å². The van der Waals surface area contributed by atoms with Crippen LogP contribution in [0, 0.1) is 11.6 Å². The molecule has 0 aromatic heterocycles. The van der Waals surface area contributed by atoms with Gasteiger partial charge in [0.25, 0.3) is 5.91 Å².